The lowest BCUT2D eigenvalue weighted by atomic mass is 9.97. The minimum atomic E-state index is -0.243. The summed E-state index contributed by atoms with van der Waals surface area (Å²) in [6, 6.07) is 15.7. The number of ketones is 1. The van der Waals surface area contributed by atoms with Crippen molar-refractivity contribution in [3.8, 4) is 34.8 Å². The number of thioether (sulfide) groups is 1. The molecule has 0 spiro atoms. The molecule has 1 heterocycles. The largest absolute Gasteiger partial charge is 0.497 e. The van der Waals surface area contributed by atoms with E-state index in [1.54, 1.807) is 42.5 Å². The summed E-state index contributed by atoms with van der Waals surface area (Å²) >= 11 is 7.03. The summed E-state index contributed by atoms with van der Waals surface area (Å²) in [5, 5.41) is 20.2. The highest BCUT2D eigenvalue weighted by Gasteiger charge is 2.22. The van der Waals surface area contributed by atoms with Crippen LogP contribution in [0.3, 0.4) is 0 Å². The SMILES string of the molecule is COc1ccc(OC)c(C(=O)CSc2nc(N)c(C#N)c(-c3ccc(Cl)cc3)c2C#N)c1. The number of nitrogens with zero attached hydrogens (tertiary/aromatic N) is 3. The molecule has 1 aromatic heterocycles. The fourth-order valence-electron chi connectivity index (χ4n) is 3.05. The zero-order chi connectivity index (χ0) is 23.3. The molecule has 0 bridgehead atoms. The Balaban J connectivity index is 2.01. The summed E-state index contributed by atoms with van der Waals surface area (Å²) in [5.74, 6) is 0.628. The fourth-order valence-corrected chi connectivity index (χ4v) is 4.06. The Morgan fingerprint density at radius 2 is 1.78 bits per heavy atom. The van der Waals surface area contributed by atoms with Crippen molar-refractivity contribution in [2.24, 2.45) is 0 Å². The molecule has 7 nitrogen and oxygen atoms in total. The molecular weight excluding hydrogens is 448 g/mol. The molecule has 9 heteroatoms. The van der Waals surface area contributed by atoms with Gasteiger partial charge in [0.1, 0.15) is 40.0 Å². The highest BCUT2D eigenvalue weighted by atomic mass is 35.5. The molecule has 0 unspecified atom stereocenters. The van der Waals surface area contributed by atoms with Gasteiger partial charge in [-0.15, -0.1) is 0 Å². The summed E-state index contributed by atoms with van der Waals surface area (Å²) in [6.07, 6.45) is 0. The molecule has 0 radical (unpaired) electrons. The molecule has 32 heavy (non-hydrogen) atoms. The summed E-state index contributed by atoms with van der Waals surface area (Å²) in [5.41, 5.74) is 7.57. The number of anilines is 1. The topological polar surface area (TPSA) is 122 Å². The third-order valence-corrected chi connectivity index (χ3v) is 5.82. The van der Waals surface area contributed by atoms with Crippen LogP contribution in [0.5, 0.6) is 11.5 Å². The van der Waals surface area contributed by atoms with Gasteiger partial charge >= 0.3 is 0 Å². The number of nitrogen functional groups attached to an aromatic ring is 1. The molecule has 160 valence electrons. The monoisotopic (exact) mass is 464 g/mol. The summed E-state index contributed by atoms with van der Waals surface area (Å²) in [6.45, 7) is 0. The maximum absolute atomic E-state index is 12.9. The molecule has 0 aliphatic rings. The Labute approximate surface area is 194 Å². The van der Waals surface area contributed by atoms with Crippen LogP contribution in [0.25, 0.3) is 11.1 Å². The van der Waals surface area contributed by atoms with Crippen LogP contribution in [0.4, 0.5) is 5.82 Å². The Kier molecular flexibility index (Phi) is 7.21. The van der Waals surface area contributed by atoms with Gasteiger partial charge in [0.15, 0.2) is 5.78 Å². The number of carbonyl (C=O) groups is 1. The van der Waals surface area contributed by atoms with Gasteiger partial charge in [-0.25, -0.2) is 4.98 Å². The molecule has 0 aliphatic heterocycles. The van der Waals surface area contributed by atoms with Gasteiger partial charge in [-0.1, -0.05) is 35.5 Å². The number of nitriles is 2. The number of pyridine rings is 1. The van der Waals surface area contributed by atoms with Crippen LogP contribution in [0.2, 0.25) is 5.02 Å². The first-order chi connectivity index (χ1) is 15.4. The van der Waals surface area contributed by atoms with Crippen molar-refractivity contribution >= 4 is 35.0 Å². The van der Waals surface area contributed by atoms with Crippen LogP contribution < -0.4 is 15.2 Å². The van der Waals surface area contributed by atoms with Gasteiger partial charge in [-0.05, 0) is 35.9 Å². The van der Waals surface area contributed by atoms with Gasteiger partial charge in [-0.3, -0.25) is 4.79 Å². The molecule has 0 amide bonds. The average Bonchev–Trinajstić information content (AvgIpc) is 2.82. The summed E-state index contributed by atoms with van der Waals surface area (Å²) < 4.78 is 10.5. The number of ether oxygens (including phenoxy) is 2. The Morgan fingerprint density at radius 1 is 1.09 bits per heavy atom. The van der Waals surface area contributed by atoms with E-state index in [1.807, 2.05) is 6.07 Å². The predicted octanol–water partition coefficient (Wildman–Crippen LogP) is 4.72. The van der Waals surface area contributed by atoms with Crippen molar-refractivity contribution < 1.29 is 14.3 Å². The van der Waals surface area contributed by atoms with E-state index in [4.69, 9.17) is 26.8 Å². The van der Waals surface area contributed by atoms with Gasteiger partial charge < -0.3 is 15.2 Å². The highest BCUT2D eigenvalue weighted by molar-refractivity contribution is 8.00. The number of benzene rings is 2. The maximum Gasteiger partial charge on any atom is 0.176 e. The third-order valence-electron chi connectivity index (χ3n) is 4.60. The van der Waals surface area contributed by atoms with Crippen LogP contribution in [0.15, 0.2) is 47.5 Å². The molecule has 0 saturated heterocycles. The molecule has 0 fully saturated rings. The quantitative estimate of drug-likeness (QED) is 0.393. The minimum absolute atomic E-state index is 0.0228. The second kappa shape index (κ2) is 10.1. The number of carbonyl (C=O) groups excluding carboxylic acids is 1. The second-order valence-electron chi connectivity index (χ2n) is 6.44. The number of Topliss-reactive ketones (excluding diaryl/α,β-unsaturated/α-hetero) is 1. The molecule has 3 aromatic rings. The van der Waals surface area contributed by atoms with Gasteiger partial charge in [0, 0.05) is 10.6 Å². The lowest BCUT2D eigenvalue weighted by Crippen LogP contribution is -2.08. The summed E-state index contributed by atoms with van der Waals surface area (Å²) in [4.78, 5) is 17.1. The first-order valence-corrected chi connectivity index (χ1v) is 10.6. The average molecular weight is 465 g/mol. The van der Waals surface area contributed by atoms with E-state index in [0.717, 1.165) is 11.8 Å². The normalized spacial score (nSPS) is 10.2. The summed E-state index contributed by atoms with van der Waals surface area (Å²) in [7, 11) is 2.98. The molecular formula is C23H17ClN4O3S. The molecule has 0 aliphatic carbocycles. The Bertz CT molecular complexity index is 1260. The molecule has 2 aromatic carbocycles. The fraction of sp³-hybridized carbons (Fsp3) is 0.130. The van der Waals surface area contributed by atoms with Crippen LogP contribution >= 0.6 is 23.4 Å². The first-order valence-electron chi connectivity index (χ1n) is 9.21. The molecule has 0 atom stereocenters. The maximum atomic E-state index is 12.9. The van der Waals surface area contributed by atoms with Crippen LogP contribution in [0, 0.1) is 22.7 Å². The van der Waals surface area contributed by atoms with Crippen molar-refractivity contribution in [2.75, 3.05) is 25.7 Å². The zero-order valence-electron chi connectivity index (χ0n) is 17.2. The zero-order valence-corrected chi connectivity index (χ0v) is 18.8. The smallest absolute Gasteiger partial charge is 0.176 e. The van der Waals surface area contributed by atoms with Crippen LogP contribution in [0.1, 0.15) is 21.5 Å². The van der Waals surface area contributed by atoms with Crippen LogP contribution in [-0.4, -0.2) is 30.7 Å². The van der Waals surface area contributed by atoms with Gasteiger partial charge in [0.25, 0.3) is 0 Å². The number of nitrogens with two attached hydrogens (primary N) is 1. The van der Waals surface area contributed by atoms with Crippen molar-refractivity contribution in [3.05, 3.63) is 64.2 Å². The standard InChI is InChI=1S/C23H17ClN4O3S/c1-30-15-7-8-20(31-2)16(9-15)19(29)12-32-23-18(11-26)21(17(10-25)22(27)28-23)13-3-5-14(24)6-4-13/h3-9H,12H2,1-2H3,(H2,27,28). The van der Waals surface area contributed by atoms with E-state index in [1.165, 1.54) is 14.2 Å². The predicted molar refractivity (Wildman–Crippen MR) is 123 cm³/mol. The van der Waals surface area contributed by atoms with Crippen molar-refractivity contribution in [3.63, 3.8) is 0 Å². The number of rotatable bonds is 7. The number of halogens is 1. The van der Waals surface area contributed by atoms with Gasteiger partial charge in [0.05, 0.1) is 31.1 Å². The van der Waals surface area contributed by atoms with Gasteiger partial charge in [0.2, 0.25) is 0 Å². The van der Waals surface area contributed by atoms with Crippen molar-refractivity contribution in [1.82, 2.24) is 4.98 Å². The highest BCUT2D eigenvalue weighted by Crippen LogP contribution is 2.36. The van der Waals surface area contributed by atoms with E-state index in [-0.39, 0.29) is 33.5 Å². The number of aromatic nitrogens is 1. The van der Waals surface area contributed by atoms with E-state index in [0.29, 0.717) is 33.2 Å². The van der Waals surface area contributed by atoms with E-state index >= 15 is 0 Å². The minimum Gasteiger partial charge on any atom is -0.497 e. The molecule has 0 saturated carbocycles. The van der Waals surface area contributed by atoms with Crippen molar-refractivity contribution in [2.45, 2.75) is 5.03 Å². The van der Waals surface area contributed by atoms with E-state index < -0.39 is 0 Å². The second-order valence-corrected chi connectivity index (χ2v) is 7.84. The lowest BCUT2D eigenvalue weighted by Gasteiger charge is -2.13. The third kappa shape index (κ3) is 4.62. The van der Waals surface area contributed by atoms with Gasteiger partial charge in [-0.2, -0.15) is 10.5 Å². The number of methoxy groups -OCH3 is 2. The first kappa shape index (κ1) is 23.0. The molecule has 3 rings (SSSR count). The lowest BCUT2D eigenvalue weighted by molar-refractivity contribution is 0.101. The molecule has 2 N–H and O–H groups in total. The number of hydrogen-bond acceptors (Lipinski definition) is 8. The van der Waals surface area contributed by atoms with E-state index in [2.05, 4.69) is 11.1 Å². The van der Waals surface area contributed by atoms with Crippen molar-refractivity contribution in [1.29, 1.82) is 10.5 Å². The number of hydrogen-bond donors (Lipinski definition) is 1. The van der Waals surface area contributed by atoms with Crippen LogP contribution in [-0.2, 0) is 0 Å². The Hall–Kier alpha value is -3.72. The Morgan fingerprint density at radius 3 is 2.38 bits per heavy atom. The van der Waals surface area contributed by atoms with E-state index in [9.17, 15) is 15.3 Å².